The summed E-state index contributed by atoms with van der Waals surface area (Å²) in [5.41, 5.74) is 3.10. The van der Waals surface area contributed by atoms with E-state index in [1.54, 1.807) is 19.2 Å². The van der Waals surface area contributed by atoms with Gasteiger partial charge in [-0.25, -0.2) is 0 Å². The summed E-state index contributed by atoms with van der Waals surface area (Å²) in [6.07, 6.45) is 0.572. The molecular weight excluding hydrogens is 522 g/mol. The van der Waals surface area contributed by atoms with Crippen LogP contribution in [0.1, 0.15) is 34.7 Å². The van der Waals surface area contributed by atoms with Crippen LogP contribution in [0.3, 0.4) is 0 Å². The maximum atomic E-state index is 13.2. The molecule has 1 aliphatic heterocycles. The van der Waals surface area contributed by atoms with E-state index in [9.17, 15) is 14.7 Å². The number of aliphatic hydroxyl groups is 1. The molecule has 0 radical (unpaired) electrons. The van der Waals surface area contributed by atoms with Crippen molar-refractivity contribution in [3.8, 4) is 5.75 Å². The Labute approximate surface area is 219 Å². The molecule has 1 saturated heterocycles. The molecule has 3 aromatic carbocycles. The highest BCUT2D eigenvalue weighted by Gasteiger charge is 2.45. The van der Waals surface area contributed by atoms with Crippen molar-refractivity contribution in [3.05, 3.63) is 105 Å². The van der Waals surface area contributed by atoms with Gasteiger partial charge in [0.15, 0.2) is 0 Å². The molecule has 4 rings (SSSR count). The molecule has 0 unspecified atom stereocenters. The summed E-state index contributed by atoms with van der Waals surface area (Å²) in [6.45, 7) is 3.05. The van der Waals surface area contributed by atoms with Crippen LogP contribution < -0.4 is 4.74 Å². The number of carbonyl (C=O) groups is 2. The number of benzene rings is 3. The number of Topliss-reactive ketones (excluding diaryl/α,β-unsaturated/α-hetero) is 1. The second-order valence-corrected chi connectivity index (χ2v) is 9.56. The number of ether oxygens (including phenoxy) is 2. The van der Waals surface area contributed by atoms with Crippen LogP contribution in [0.2, 0.25) is 0 Å². The summed E-state index contributed by atoms with van der Waals surface area (Å²) in [6, 6.07) is 21.9. The third kappa shape index (κ3) is 5.53. The fourth-order valence-electron chi connectivity index (χ4n) is 4.36. The number of methoxy groups -OCH3 is 1. The van der Waals surface area contributed by atoms with Gasteiger partial charge in [-0.3, -0.25) is 9.59 Å². The van der Waals surface area contributed by atoms with Gasteiger partial charge >= 0.3 is 0 Å². The van der Waals surface area contributed by atoms with Gasteiger partial charge in [0.25, 0.3) is 11.7 Å². The minimum Gasteiger partial charge on any atom is -0.507 e. The zero-order valence-corrected chi connectivity index (χ0v) is 21.8. The molecule has 0 bridgehead atoms. The second kappa shape index (κ2) is 11.5. The molecule has 36 heavy (non-hydrogen) atoms. The minimum atomic E-state index is -0.693. The number of aliphatic hydroxyl groups excluding tert-OH is 1. The first-order valence-electron chi connectivity index (χ1n) is 11.7. The summed E-state index contributed by atoms with van der Waals surface area (Å²) in [5, 5.41) is 11.4. The van der Waals surface area contributed by atoms with E-state index in [1.807, 2.05) is 67.6 Å². The monoisotopic (exact) mass is 549 g/mol. The lowest BCUT2D eigenvalue weighted by Crippen LogP contribution is -2.31. The highest BCUT2D eigenvalue weighted by atomic mass is 79.9. The lowest BCUT2D eigenvalue weighted by molar-refractivity contribution is -0.140. The van der Waals surface area contributed by atoms with Crippen LogP contribution in [-0.4, -0.2) is 42.0 Å². The first-order valence-corrected chi connectivity index (χ1v) is 12.5. The van der Waals surface area contributed by atoms with E-state index in [0.29, 0.717) is 37.5 Å². The summed E-state index contributed by atoms with van der Waals surface area (Å²) >= 11 is 3.43. The molecular formula is C29H28BrNO5. The number of hydrogen-bond acceptors (Lipinski definition) is 5. The van der Waals surface area contributed by atoms with Crippen LogP contribution in [0.25, 0.3) is 5.76 Å². The number of halogens is 1. The Morgan fingerprint density at radius 2 is 1.75 bits per heavy atom. The molecule has 0 spiro atoms. The molecule has 1 atom stereocenters. The molecule has 1 heterocycles. The maximum absolute atomic E-state index is 13.2. The zero-order valence-electron chi connectivity index (χ0n) is 20.2. The molecule has 1 aliphatic rings. The van der Waals surface area contributed by atoms with E-state index in [2.05, 4.69) is 15.9 Å². The summed E-state index contributed by atoms with van der Waals surface area (Å²) in [5.74, 6) is -0.859. The molecule has 0 aliphatic carbocycles. The number of rotatable bonds is 9. The Balaban J connectivity index is 1.68. The Morgan fingerprint density at radius 1 is 1.03 bits per heavy atom. The van der Waals surface area contributed by atoms with Gasteiger partial charge in [-0.05, 0) is 60.4 Å². The van der Waals surface area contributed by atoms with E-state index < -0.39 is 17.7 Å². The molecule has 6 nitrogen and oxygen atoms in total. The summed E-state index contributed by atoms with van der Waals surface area (Å²) in [4.78, 5) is 27.7. The molecule has 3 aromatic rings. The molecule has 1 N–H and O–H groups in total. The van der Waals surface area contributed by atoms with Gasteiger partial charge in [-0.15, -0.1) is 0 Å². The Bertz CT molecular complexity index is 1270. The lowest BCUT2D eigenvalue weighted by Gasteiger charge is -2.25. The van der Waals surface area contributed by atoms with Crippen LogP contribution in [0.15, 0.2) is 82.8 Å². The van der Waals surface area contributed by atoms with Gasteiger partial charge < -0.3 is 19.5 Å². The smallest absolute Gasteiger partial charge is 0.295 e. The number of amides is 1. The van der Waals surface area contributed by atoms with E-state index >= 15 is 0 Å². The van der Waals surface area contributed by atoms with Crippen LogP contribution in [0.5, 0.6) is 5.75 Å². The molecule has 0 aromatic heterocycles. The number of likely N-dealkylation sites (tertiary alicyclic amines) is 1. The molecule has 1 amide bonds. The normalized spacial score (nSPS) is 17.0. The quantitative estimate of drug-likeness (QED) is 0.158. The first kappa shape index (κ1) is 25.7. The highest BCUT2D eigenvalue weighted by Crippen LogP contribution is 2.40. The predicted octanol–water partition coefficient (Wildman–Crippen LogP) is 5.79. The topological polar surface area (TPSA) is 76.1 Å². The van der Waals surface area contributed by atoms with Crippen molar-refractivity contribution in [1.29, 1.82) is 0 Å². The Hall–Kier alpha value is -3.42. The van der Waals surface area contributed by atoms with Gasteiger partial charge in [-0.2, -0.15) is 0 Å². The van der Waals surface area contributed by atoms with E-state index in [1.165, 1.54) is 4.90 Å². The lowest BCUT2D eigenvalue weighted by atomic mass is 9.94. The van der Waals surface area contributed by atoms with Crippen LogP contribution in [0.4, 0.5) is 0 Å². The Kier molecular flexibility index (Phi) is 8.23. The number of aryl methyl sites for hydroxylation is 1. The standard InChI is InChI=1S/C29H28BrNO5/c1-19-17-23(36-18-20-7-4-3-5-8-20)13-14-24(19)27(32)25-26(21-9-11-22(30)12-10-21)31(15-6-16-35-2)29(34)28(25)33/h3-5,7-14,17,26,32H,6,15-16,18H2,1-2H3/b27-25+/t26-/m1/s1. The molecule has 7 heteroatoms. The highest BCUT2D eigenvalue weighted by molar-refractivity contribution is 9.10. The van der Waals surface area contributed by atoms with Crippen LogP contribution in [0, 0.1) is 6.92 Å². The van der Waals surface area contributed by atoms with Crippen molar-refractivity contribution < 1.29 is 24.2 Å². The van der Waals surface area contributed by atoms with Gasteiger partial charge in [0, 0.05) is 30.3 Å². The van der Waals surface area contributed by atoms with Crippen molar-refractivity contribution in [2.45, 2.75) is 26.0 Å². The van der Waals surface area contributed by atoms with Gasteiger partial charge in [0.05, 0.1) is 11.6 Å². The average molecular weight is 550 g/mol. The van der Waals surface area contributed by atoms with E-state index in [0.717, 1.165) is 21.2 Å². The average Bonchev–Trinajstić information content (AvgIpc) is 3.13. The number of hydrogen-bond donors (Lipinski definition) is 1. The van der Waals surface area contributed by atoms with Gasteiger partial charge in [-0.1, -0.05) is 58.4 Å². The van der Waals surface area contributed by atoms with Crippen molar-refractivity contribution in [2.24, 2.45) is 0 Å². The van der Waals surface area contributed by atoms with E-state index in [-0.39, 0.29) is 11.3 Å². The number of ketones is 1. The van der Waals surface area contributed by atoms with Gasteiger partial charge in [0.1, 0.15) is 18.1 Å². The summed E-state index contributed by atoms with van der Waals surface area (Å²) < 4.78 is 11.9. The fourth-order valence-corrected chi connectivity index (χ4v) is 4.62. The first-order chi connectivity index (χ1) is 17.4. The SMILES string of the molecule is COCCCN1C(=O)C(=O)/C(=C(/O)c2ccc(OCc3ccccc3)cc2C)[C@H]1c1ccc(Br)cc1. The maximum Gasteiger partial charge on any atom is 0.295 e. The third-order valence-electron chi connectivity index (χ3n) is 6.17. The molecule has 186 valence electrons. The number of carbonyl (C=O) groups excluding carboxylic acids is 2. The van der Waals surface area contributed by atoms with Crippen LogP contribution >= 0.6 is 15.9 Å². The predicted molar refractivity (Wildman–Crippen MR) is 142 cm³/mol. The van der Waals surface area contributed by atoms with Crippen molar-refractivity contribution in [3.63, 3.8) is 0 Å². The fraction of sp³-hybridized carbons (Fsp3) is 0.241. The van der Waals surface area contributed by atoms with Crippen LogP contribution in [-0.2, 0) is 20.9 Å². The number of nitrogens with zero attached hydrogens (tertiary/aromatic N) is 1. The third-order valence-corrected chi connectivity index (χ3v) is 6.70. The van der Waals surface area contributed by atoms with Gasteiger partial charge in [0.2, 0.25) is 0 Å². The molecule has 0 saturated carbocycles. The van der Waals surface area contributed by atoms with Crippen molar-refractivity contribution in [2.75, 3.05) is 20.3 Å². The zero-order chi connectivity index (χ0) is 25.7. The summed E-state index contributed by atoms with van der Waals surface area (Å²) in [7, 11) is 1.59. The largest absolute Gasteiger partial charge is 0.507 e. The minimum absolute atomic E-state index is 0.0841. The second-order valence-electron chi connectivity index (χ2n) is 8.64. The molecule has 1 fully saturated rings. The Morgan fingerprint density at radius 3 is 2.42 bits per heavy atom. The van der Waals surface area contributed by atoms with Crippen molar-refractivity contribution in [1.82, 2.24) is 4.90 Å². The van der Waals surface area contributed by atoms with Crippen molar-refractivity contribution >= 4 is 33.4 Å². The van der Waals surface area contributed by atoms with E-state index in [4.69, 9.17) is 9.47 Å².